The zero-order valence-electron chi connectivity index (χ0n) is 16.1. The molecule has 4 aromatic rings. The first-order chi connectivity index (χ1) is 15.0. The fraction of sp³-hybridized carbons (Fsp3) is 0.150. The largest absolute Gasteiger partial charge is 0.479 e. The van der Waals surface area contributed by atoms with Gasteiger partial charge in [0.25, 0.3) is 11.9 Å². The van der Waals surface area contributed by atoms with Crippen LogP contribution >= 0.6 is 0 Å². The molecule has 3 aromatic heterocycles. The van der Waals surface area contributed by atoms with Gasteiger partial charge < -0.3 is 24.3 Å². The number of nitrogens with zero attached hydrogens (tertiary/aromatic N) is 3. The number of fused-ring (bicyclic) bond motifs is 1. The zero-order valence-corrected chi connectivity index (χ0v) is 16.1. The molecule has 0 aliphatic carbocycles. The lowest BCUT2D eigenvalue weighted by Crippen LogP contribution is -2.23. The van der Waals surface area contributed by atoms with Crippen LogP contribution in [-0.4, -0.2) is 38.4 Å². The smallest absolute Gasteiger partial charge is 0.344 e. The molecular formula is C20H16N4O7. The molecule has 4 rings (SSSR count). The summed E-state index contributed by atoms with van der Waals surface area (Å²) >= 11 is 0. The van der Waals surface area contributed by atoms with Crippen molar-refractivity contribution in [3.63, 3.8) is 0 Å². The third-order valence-corrected chi connectivity index (χ3v) is 4.16. The normalized spacial score (nSPS) is 11.8. The van der Waals surface area contributed by atoms with E-state index in [0.717, 1.165) is 0 Å². The minimum atomic E-state index is -1.12. The number of amides is 1. The fourth-order valence-electron chi connectivity index (χ4n) is 2.59. The monoisotopic (exact) mass is 424 g/mol. The van der Waals surface area contributed by atoms with Gasteiger partial charge in [-0.3, -0.25) is 4.79 Å². The van der Waals surface area contributed by atoms with E-state index in [1.807, 2.05) is 0 Å². The number of hydrogen-bond acceptors (Lipinski definition) is 9. The number of hydrogen-bond donors (Lipinski definition) is 2. The topological polar surface area (TPSA) is 150 Å². The van der Waals surface area contributed by atoms with Crippen LogP contribution in [0.25, 0.3) is 11.0 Å². The van der Waals surface area contributed by atoms with Gasteiger partial charge in [0.05, 0.1) is 6.54 Å². The van der Waals surface area contributed by atoms with Gasteiger partial charge in [-0.2, -0.15) is 0 Å². The Morgan fingerprint density at radius 3 is 2.84 bits per heavy atom. The molecule has 0 bridgehead atoms. The van der Waals surface area contributed by atoms with Crippen molar-refractivity contribution in [2.75, 3.05) is 0 Å². The SMILES string of the molecule is C[C@@H](Oc1ccc(CNC(=O)c2cccnc2Oc2ccc3nonc3c2)o1)C(=O)O. The van der Waals surface area contributed by atoms with Gasteiger partial charge in [0.1, 0.15) is 28.1 Å². The molecule has 1 amide bonds. The number of carboxylic acids is 1. The van der Waals surface area contributed by atoms with E-state index in [4.69, 9.17) is 19.0 Å². The van der Waals surface area contributed by atoms with Crippen molar-refractivity contribution in [3.8, 4) is 17.6 Å². The Kier molecular flexibility index (Phi) is 5.47. The average Bonchev–Trinajstić information content (AvgIpc) is 3.41. The lowest BCUT2D eigenvalue weighted by molar-refractivity contribution is -0.144. The minimum absolute atomic E-state index is 0.0438. The van der Waals surface area contributed by atoms with Gasteiger partial charge in [0.2, 0.25) is 5.88 Å². The number of aliphatic carboxylic acids is 1. The van der Waals surface area contributed by atoms with Crippen molar-refractivity contribution in [1.82, 2.24) is 20.6 Å². The summed E-state index contributed by atoms with van der Waals surface area (Å²) in [7, 11) is 0. The molecule has 158 valence electrons. The molecule has 0 aliphatic heterocycles. The summed E-state index contributed by atoms with van der Waals surface area (Å²) in [4.78, 5) is 27.6. The van der Waals surface area contributed by atoms with Crippen LogP contribution in [0, 0.1) is 0 Å². The predicted molar refractivity (Wildman–Crippen MR) is 104 cm³/mol. The highest BCUT2D eigenvalue weighted by atomic mass is 16.6. The summed E-state index contributed by atoms with van der Waals surface area (Å²) in [6, 6.07) is 11.2. The molecule has 0 fully saturated rings. The van der Waals surface area contributed by atoms with Crippen LogP contribution in [-0.2, 0) is 11.3 Å². The molecule has 0 spiro atoms. The average molecular weight is 424 g/mol. The maximum Gasteiger partial charge on any atom is 0.344 e. The number of carbonyl (C=O) groups is 2. The van der Waals surface area contributed by atoms with Gasteiger partial charge in [0, 0.05) is 18.3 Å². The van der Waals surface area contributed by atoms with E-state index < -0.39 is 18.0 Å². The van der Waals surface area contributed by atoms with E-state index in [1.165, 1.54) is 19.2 Å². The number of rotatable bonds is 8. The number of carboxylic acid groups (broad SMARTS) is 1. The maximum absolute atomic E-state index is 12.7. The Morgan fingerprint density at radius 1 is 1.16 bits per heavy atom. The highest BCUT2D eigenvalue weighted by Gasteiger charge is 2.17. The Hall–Kier alpha value is -4.41. The van der Waals surface area contributed by atoms with E-state index in [-0.39, 0.29) is 23.9 Å². The van der Waals surface area contributed by atoms with Gasteiger partial charge in [-0.15, -0.1) is 0 Å². The van der Waals surface area contributed by atoms with Crippen LogP contribution in [0.3, 0.4) is 0 Å². The zero-order chi connectivity index (χ0) is 21.8. The molecule has 3 heterocycles. The molecule has 0 saturated heterocycles. The van der Waals surface area contributed by atoms with Gasteiger partial charge in [-0.1, -0.05) is 0 Å². The highest BCUT2D eigenvalue weighted by Crippen LogP contribution is 2.25. The molecule has 2 N–H and O–H groups in total. The molecule has 0 radical (unpaired) electrons. The lowest BCUT2D eigenvalue weighted by atomic mass is 10.2. The quantitative estimate of drug-likeness (QED) is 0.432. The Morgan fingerprint density at radius 2 is 2.00 bits per heavy atom. The second-order valence-corrected chi connectivity index (χ2v) is 6.37. The second-order valence-electron chi connectivity index (χ2n) is 6.37. The van der Waals surface area contributed by atoms with E-state index in [2.05, 4.69) is 25.2 Å². The molecule has 1 aromatic carbocycles. The van der Waals surface area contributed by atoms with Gasteiger partial charge in [-0.25, -0.2) is 14.4 Å². The molecule has 1 atom stereocenters. The van der Waals surface area contributed by atoms with Gasteiger partial charge in [0.15, 0.2) is 6.10 Å². The van der Waals surface area contributed by atoms with Crippen LogP contribution < -0.4 is 14.8 Å². The van der Waals surface area contributed by atoms with E-state index in [9.17, 15) is 9.59 Å². The number of nitrogens with one attached hydrogen (secondary N) is 1. The summed E-state index contributed by atoms with van der Waals surface area (Å²) in [5.41, 5.74) is 1.29. The Balaban J connectivity index is 1.42. The first kappa shape index (κ1) is 19.9. The molecule has 0 unspecified atom stereocenters. The van der Waals surface area contributed by atoms with Crippen LogP contribution in [0.15, 0.2) is 57.7 Å². The highest BCUT2D eigenvalue weighted by molar-refractivity contribution is 5.96. The van der Waals surface area contributed by atoms with E-state index >= 15 is 0 Å². The summed E-state index contributed by atoms with van der Waals surface area (Å²) < 4.78 is 20.9. The first-order valence-electron chi connectivity index (χ1n) is 9.11. The summed E-state index contributed by atoms with van der Waals surface area (Å²) in [6.07, 6.45) is 0.443. The third-order valence-electron chi connectivity index (χ3n) is 4.16. The number of benzene rings is 1. The van der Waals surface area contributed by atoms with Crippen molar-refractivity contribution in [2.24, 2.45) is 0 Å². The third kappa shape index (κ3) is 4.61. The number of ether oxygens (including phenoxy) is 2. The molecular weight excluding hydrogens is 408 g/mol. The summed E-state index contributed by atoms with van der Waals surface area (Å²) in [5, 5.41) is 19.0. The predicted octanol–water partition coefficient (Wildman–Crippen LogP) is 2.79. The molecule has 0 aliphatic rings. The van der Waals surface area contributed by atoms with Crippen molar-refractivity contribution in [3.05, 3.63) is 60.0 Å². The molecule has 11 heteroatoms. The standard InChI is InChI=1S/C20H16N4O7/c1-11(20(26)27)28-17-7-5-13(29-17)10-22-18(25)14-3-2-8-21-19(14)30-12-4-6-15-16(9-12)24-31-23-15/h2-9,11H,10H2,1H3,(H,22,25)(H,26,27)/t11-/m1/s1. The fourth-order valence-corrected chi connectivity index (χ4v) is 2.59. The van der Waals surface area contributed by atoms with Crippen LogP contribution in [0.4, 0.5) is 0 Å². The number of pyridine rings is 1. The second kappa shape index (κ2) is 8.53. The molecule has 31 heavy (non-hydrogen) atoms. The number of furan rings is 1. The Bertz CT molecular complexity index is 1230. The van der Waals surface area contributed by atoms with Crippen LogP contribution in [0.5, 0.6) is 17.6 Å². The van der Waals surface area contributed by atoms with E-state index in [1.54, 1.807) is 36.4 Å². The number of aromatic nitrogens is 3. The van der Waals surface area contributed by atoms with Gasteiger partial charge >= 0.3 is 5.97 Å². The van der Waals surface area contributed by atoms with Crippen molar-refractivity contribution < 1.29 is 33.2 Å². The van der Waals surface area contributed by atoms with Crippen LogP contribution in [0.2, 0.25) is 0 Å². The molecule has 11 nitrogen and oxygen atoms in total. The lowest BCUT2D eigenvalue weighted by Gasteiger charge is -2.10. The van der Waals surface area contributed by atoms with Crippen molar-refractivity contribution >= 4 is 22.9 Å². The maximum atomic E-state index is 12.7. The van der Waals surface area contributed by atoms with Gasteiger partial charge in [-0.05, 0) is 47.6 Å². The molecule has 0 saturated carbocycles. The van der Waals surface area contributed by atoms with E-state index in [0.29, 0.717) is 22.5 Å². The number of carbonyl (C=O) groups excluding carboxylic acids is 1. The van der Waals surface area contributed by atoms with Crippen LogP contribution in [0.1, 0.15) is 23.0 Å². The van der Waals surface area contributed by atoms with Crippen molar-refractivity contribution in [2.45, 2.75) is 19.6 Å². The summed E-state index contributed by atoms with van der Waals surface area (Å²) in [5.74, 6) is -0.608. The Labute approximate surface area is 174 Å². The van der Waals surface area contributed by atoms with Crippen molar-refractivity contribution in [1.29, 1.82) is 0 Å². The summed E-state index contributed by atoms with van der Waals surface area (Å²) in [6.45, 7) is 1.43. The minimum Gasteiger partial charge on any atom is -0.479 e. The first-order valence-corrected chi connectivity index (χ1v) is 9.11.